The van der Waals surface area contributed by atoms with E-state index in [4.69, 9.17) is 19.3 Å². The highest BCUT2D eigenvalue weighted by Gasteiger charge is 2.26. The molecular formula is C27H21F2N3O5S. The van der Waals surface area contributed by atoms with Crippen LogP contribution in [0.2, 0.25) is 0 Å². The number of amides is 2. The number of furan rings is 2. The molecule has 8 nitrogen and oxygen atoms in total. The molecule has 0 bridgehead atoms. The minimum atomic E-state index is -2.86. The number of benzene rings is 1. The maximum absolute atomic E-state index is 13.6. The number of rotatable bonds is 8. The molecule has 0 aliphatic heterocycles. The van der Waals surface area contributed by atoms with Gasteiger partial charge >= 0.3 is 0 Å². The Balaban J connectivity index is 1.47. The molecule has 0 radical (unpaired) electrons. The summed E-state index contributed by atoms with van der Waals surface area (Å²) in [5.74, 6) is -0.211. The van der Waals surface area contributed by atoms with Gasteiger partial charge in [0.2, 0.25) is 0 Å². The summed E-state index contributed by atoms with van der Waals surface area (Å²) >= 11 is 0.800. The third-order valence-electron chi connectivity index (χ3n) is 5.75. The van der Waals surface area contributed by atoms with Crippen LogP contribution in [0.15, 0.2) is 63.6 Å². The average Bonchev–Trinajstić information content (AvgIpc) is 3.64. The van der Waals surface area contributed by atoms with Crippen molar-refractivity contribution in [3.63, 3.8) is 0 Å². The lowest BCUT2D eigenvalue weighted by molar-refractivity contribution is 0.0992. The van der Waals surface area contributed by atoms with Crippen molar-refractivity contribution in [3.05, 3.63) is 88.0 Å². The Morgan fingerprint density at radius 3 is 2.68 bits per heavy atom. The van der Waals surface area contributed by atoms with E-state index in [9.17, 15) is 18.4 Å². The van der Waals surface area contributed by atoms with Crippen molar-refractivity contribution in [3.8, 4) is 17.1 Å². The first-order valence-corrected chi connectivity index (χ1v) is 12.2. The highest BCUT2D eigenvalue weighted by Crippen LogP contribution is 2.42. The Morgan fingerprint density at radius 1 is 1.16 bits per heavy atom. The number of carbonyl (C=O) groups is 2. The maximum Gasteiger partial charge on any atom is 0.291 e. The molecule has 0 saturated carbocycles. The van der Waals surface area contributed by atoms with E-state index >= 15 is 0 Å². The van der Waals surface area contributed by atoms with Crippen molar-refractivity contribution in [1.82, 2.24) is 4.98 Å². The number of aryl methyl sites for hydroxylation is 2. The minimum Gasteiger partial charge on any atom is -0.485 e. The van der Waals surface area contributed by atoms with Crippen LogP contribution in [-0.2, 0) is 6.61 Å². The van der Waals surface area contributed by atoms with Crippen LogP contribution in [0, 0.1) is 13.8 Å². The number of fused-ring (bicyclic) bond motifs is 1. The Bertz CT molecular complexity index is 1660. The van der Waals surface area contributed by atoms with E-state index in [-0.39, 0.29) is 44.5 Å². The van der Waals surface area contributed by atoms with Crippen molar-refractivity contribution in [2.45, 2.75) is 26.9 Å². The predicted octanol–water partition coefficient (Wildman–Crippen LogP) is 6.63. The van der Waals surface area contributed by atoms with Crippen molar-refractivity contribution in [1.29, 1.82) is 0 Å². The number of pyridine rings is 1. The number of anilines is 1. The first kappa shape index (κ1) is 25.2. The average molecular weight is 538 g/mol. The number of nitrogens with one attached hydrogen (secondary N) is 1. The molecule has 11 heteroatoms. The standard InChI is InChI=1S/C27H21F2N3O5S/c1-13-5-6-14(2)20(10-13)36-12-15-7-8-19(37-15)26(34)32-22-21-16(18-4-3-9-35-18)11-17(24(28)29)31-27(21)38-23(22)25(30)33/h3-11,24H,12H2,1-2H3,(H2,30,33)(H,32,34). The molecule has 0 atom stereocenters. The van der Waals surface area contributed by atoms with Gasteiger partial charge in [-0.1, -0.05) is 12.1 Å². The zero-order valence-electron chi connectivity index (χ0n) is 20.2. The molecule has 0 fully saturated rings. The Labute approximate surface area is 219 Å². The largest absolute Gasteiger partial charge is 0.485 e. The Hall–Kier alpha value is -4.51. The number of primary amides is 1. The van der Waals surface area contributed by atoms with Crippen LogP contribution >= 0.6 is 11.3 Å². The third-order valence-corrected chi connectivity index (χ3v) is 6.85. The van der Waals surface area contributed by atoms with Gasteiger partial charge in [0, 0.05) is 10.9 Å². The topological polar surface area (TPSA) is 121 Å². The normalized spacial score (nSPS) is 11.3. The number of hydrogen-bond acceptors (Lipinski definition) is 7. The van der Waals surface area contributed by atoms with E-state index in [1.54, 1.807) is 18.2 Å². The first-order chi connectivity index (χ1) is 18.2. The molecule has 2 amide bonds. The summed E-state index contributed by atoms with van der Waals surface area (Å²) in [6, 6.07) is 13.2. The van der Waals surface area contributed by atoms with Crippen molar-refractivity contribution in [2.75, 3.05) is 5.32 Å². The highest BCUT2D eigenvalue weighted by molar-refractivity contribution is 7.21. The van der Waals surface area contributed by atoms with Gasteiger partial charge in [-0.2, -0.15) is 0 Å². The molecule has 0 saturated heterocycles. The molecule has 0 spiro atoms. The summed E-state index contributed by atoms with van der Waals surface area (Å²) in [4.78, 5) is 29.4. The number of carbonyl (C=O) groups excluding carboxylic acids is 2. The number of aromatic nitrogens is 1. The summed E-state index contributed by atoms with van der Waals surface area (Å²) < 4.78 is 44.0. The lowest BCUT2D eigenvalue weighted by Crippen LogP contribution is -2.16. The maximum atomic E-state index is 13.6. The second kappa shape index (κ2) is 10.1. The molecule has 4 heterocycles. The van der Waals surface area contributed by atoms with E-state index in [2.05, 4.69) is 10.3 Å². The monoisotopic (exact) mass is 537 g/mol. The van der Waals surface area contributed by atoms with Crippen molar-refractivity contribution < 1.29 is 31.9 Å². The smallest absolute Gasteiger partial charge is 0.291 e. The quantitative estimate of drug-likeness (QED) is 0.229. The fourth-order valence-electron chi connectivity index (χ4n) is 3.91. The van der Waals surface area contributed by atoms with E-state index < -0.39 is 23.9 Å². The van der Waals surface area contributed by atoms with Gasteiger partial charge in [0.1, 0.15) is 39.3 Å². The van der Waals surface area contributed by atoms with Crippen LogP contribution in [0.3, 0.4) is 0 Å². The molecular weight excluding hydrogens is 516 g/mol. The van der Waals surface area contributed by atoms with Crippen LogP contribution in [0.4, 0.5) is 14.5 Å². The molecule has 4 aromatic heterocycles. The second-order valence-electron chi connectivity index (χ2n) is 8.50. The molecule has 5 aromatic rings. The molecule has 1 aromatic carbocycles. The third kappa shape index (κ3) is 4.88. The van der Waals surface area contributed by atoms with Crippen molar-refractivity contribution >= 4 is 39.1 Å². The number of thiophene rings is 1. The zero-order valence-corrected chi connectivity index (χ0v) is 21.0. The summed E-state index contributed by atoms with van der Waals surface area (Å²) in [6.45, 7) is 3.97. The summed E-state index contributed by atoms with van der Waals surface area (Å²) in [5, 5.41) is 2.90. The fraction of sp³-hybridized carbons (Fsp3) is 0.148. The number of nitrogens with zero attached hydrogens (tertiary/aromatic N) is 1. The molecule has 3 N–H and O–H groups in total. The highest BCUT2D eigenvalue weighted by atomic mass is 32.1. The second-order valence-corrected chi connectivity index (χ2v) is 9.50. The van der Waals surface area contributed by atoms with Gasteiger partial charge in [0.05, 0.1) is 12.0 Å². The first-order valence-electron chi connectivity index (χ1n) is 11.4. The van der Waals surface area contributed by atoms with E-state index in [0.29, 0.717) is 11.5 Å². The van der Waals surface area contributed by atoms with Crippen molar-refractivity contribution in [2.24, 2.45) is 5.73 Å². The lowest BCUT2D eigenvalue weighted by atomic mass is 10.1. The molecule has 5 rings (SSSR count). The number of hydrogen-bond donors (Lipinski definition) is 2. The van der Waals surface area contributed by atoms with Gasteiger partial charge in [0.15, 0.2) is 5.76 Å². The molecule has 0 aliphatic rings. The van der Waals surface area contributed by atoms with E-state index in [1.807, 2.05) is 32.0 Å². The van der Waals surface area contributed by atoms with Gasteiger partial charge in [0.25, 0.3) is 18.2 Å². The molecule has 38 heavy (non-hydrogen) atoms. The van der Waals surface area contributed by atoms with Gasteiger partial charge in [-0.15, -0.1) is 11.3 Å². The number of ether oxygens (including phenoxy) is 1. The lowest BCUT2D eigenvalue weighted by Gasteiger charge is -2.09. The zero-order chi connectivity index (χ0) is 27.0. The summed E-state index contributed by atoms with van der Waals surface area (Å²) in [5.41, 5.74) is 7.33. The van der Waals surface area contributed by atoms with Crippen LogP contribution in [0.1, 0.15) is 49.2 Å². The number of halogens is 2. The molecule has 194 valence electrons. The van der Waals surface area contributed by atoms with Crippen LogP contribution in [0.25, 0.3) is 21.5 Å². The summed E-state index contributed by atoms with van der Waals surface area (Å²) in [6.07, 6.45) is -1.48. The predicted molar refractivity (Wildman–Crippen MR) is 138 cm³/mol. The van der Waals surface area contributed by atoms with E-state index in [1.165, 1.54) is 12.3 Å². The molecule has 0 aliphatic carbocycles. The van der Waals surface area contributed by atoms with Gasteiger partial charge in [-0.3, -0.25) is 9.59 Å². The van der Waals surface area contributed by atoms with Gasteiger partial charge < -0.3 is 24.6 Å². The van der Waals surface area contributed by atoms with Crippen LogP contribution in [0.5, 0.6) is 5.75 Å². The van der Waals surface area contributed by atoms with Gasteiger partial charge in [-0.05, 0) is 61.4 Å². The number of alkyl halides is 2. The Morgan fingerprint density at radius 2 is 1.97 bits per heavy atom. The SMILES string of the molecule is Cc1ccc(C)c(OCc2ccc(C(=O)Nc3c(C(N)=O)sc4nc(C(F)F)cc(-c5ccco5)c34)o2)c1. The number of nitrogens with two attached hydrogens (primary N) is 1. The fourth-order valence-corrected chi connectivity index (χ4v) is 4.93. The van der Waals surface area contributed by atoms with Gasteiger partial charge in [-0.25, -0.2) is 13.8 Å². The molecule has 0 unspecified atom stereocenters. The van der Waals surface area contributed by atoms with Crippen LogP contribution < -0.4 is 15.8 Å². The Kier molecular flexibility index (Phi) is 6.68. The van der Waals surface area contributed by atoms with Crippen LogP contribution in [-0.4, -0.2) is 16.8 Å². The minimum absolute atomic E-state index is 0.0341. The summed E-state index contributed by atoms with van der Waals surface area (Å²) in [7, 11) is 0. The van der Waals surface area contributed by atoms with E-state index in [0.717, 1.165) is 28.5 Å².